The van der Waals surface area contributed by atoms with E-state index in [1.165, 1.54) is 4.31 Å². The Morgan fingerprint density at radius 3 is 2.59 bits per heavy atom. The Hall–Kier alpha value is -1.44. The molecule has 2 bridgehead atoms. The highest BCUT2D eigenvalue weighted by molar-refractivity contribution is 7.89. The van der Waals surface area contributed by atoms with Crippen molar-refractivity contribution in [3.05, 3.63) is 29.8 Å². The molecule has 7 heteroatoms. The number of nitrogens with zero attached hydrogens (tertiary/aromatic N) is 2. The van der Waals surface area contributed by atoms with Gasteiger partial charge in [0.25, 0.3) is 0 Å². The molecule has 0 spiro atoms. The van der Waals surface area contributed by atoms with Crippen molar-refractivity contribution in [2.24, 2.45) is 5.92 Å². The number of benzene rings is 1. The summed E-state index contributed by atoms with van der Waals surface area (Å²) in [7, 11) is -3.54. The van der Waals surface area contributed by atoms with Crippen molar-refractivity contribution < 1.29 is 13.2 Å². The molecule has 0 saturated carbocycles. The summed E-state index contributed by atoms with van der Waals surface area (Å²) >= 11 is 0. The maximum atomic E-state index is 13.3. The van der Waals surface area contributed by atoms with Crippen LogP contribution >= 0.6 is 0 Å². The lowest BCUT2D eigenvalue weighted by atomic mass is 9.97. The number of nitrogens with one attached hydrogen (secondary N) is 1. The number of sulfonamides is 1. The van der Waals surface area contributed by atoms with E-state index in [4.69, 9.17) is 0 Å². The van der Waals surface area contributed by atoms with Crippen molar-refractivity contribution >= 4 is 15.9 Å². The Morgan fingerprint density at radius 1 is 1.07 bits per heavy atom. The van der Waals surface area contributed by atoms with Gasteiger partial charge in [-0.2, -0.15) is 4.31 Å². The molecule has 1 aromatic rings. The second-order valence-electron chi connectivity index (χ2n) is 8.14. The van der Waals surface area contributed by atoms with E-state index < -0.39 is 10.0 Å². The molecule has 1 aromatic carbocycles. The molecule has 1 N–H and O–H groups in total. The summed E-state index contributed by atoms with van der Waals surface area (Å²) in [5.41, 5.74) is 1.03. The van der Waals surface area contributed by atoms with Crippen LogP contribution in [0, 0.1) is 12.8 Å². The molecule has 6 nitrogen and oxygen atoms in total. The van der Waals surface area contributed by atoms with Crippen LogP contribution in [-0.2, 0) is 14.8 Å². The molecule has 3 aliphatic rings. The first-order chi connectivity index (χ1) is 13.0. The number of rotatable bonds is 3. The predicted octanol–water partition coefficient (Wildman–Crippen LogP) is 1.75. The molecule has 3 saturated heterocycles. The van der Waals surface area contributed by atoms with Gasteiger partial charge in [0, 0.05) is 31.7 Å². The minimum absolute atomic E-state index is 0.162. The van der Waals surface area contributed by atoms with Crippen molar-refractivity contribution in [3.63, 3.8) is 0 Å². The summed E-state index contributed by atoms with van der Waals surface area (Å²) in [6, 6.07) is 7.56. The predicted molar refractivity (Wildman–Crippen MR) is 104 cm³/mol. The van der Waals surface area contributed by atoms with E-state index in [9.17, 15) is 13.2 Å². The Bertz CT molecular complexity index is 779. The van der Waals surface area contributed by atoms with Crippen molar-refractivity contribution in [1.82, 2.24) is 14.5 Å². The van der Waals surface area contributed by atoms with Crippen LogP contribution in [-0.4, -0.2) is 61.8 Å². The van der Waals surface area contributed by atoms with E-state index in [0.717, 1.165) is 50.8 Å². The Labute approximate surface area is 162 Å². The van der Waals surface area contributed by atoms with Crippen LogP contribution in [0.15, 0.2) is 29.2 Å². The summed E-state index contributed by atoms with van der Waals surface area (Å²) in [6.07, 6.45) is 4.66. The van der Waals surface area contributed by atoms with E-state index in [2.05, 4.69) is 10.2 Å². The largest absolute Gasteiger partial charge is 0.335 e. The number of amides is 1. The van der Waals surface area contributed by atoms with Crippen molar-refractivity contribution in [1.29, 1.82) is 0 Å². The van der Waals surface area contributed by atoms with Gasteiger partial charge < -0.3 is 10.2 Å². The zero-order valence-electron chi connectivity index (χ0n) is 15.9. The summed E-state index contributed by atoms with van der Waals surface area (Å²) < 4.78 is 27.6. The molecule has 3 atom stereocenters. The number of carbonyl (C=O) groups excluding carboxylic acids is 1. The smallest absolute Gasteiger partial charge is 0.243 e. The third-order valence-corrected chi connectivity index (χ3v) is 8.18. The van der Waals surface area contributed by atoms with E-state index >= 15 is 0 Å². The van der Waals surface area contributed by atoms with Gasteiger partial charge in [0.15, 0.2) is 0 Å². The van der Waals surface area contributed by atoms with Crippen molar-refractivity contribution in [2.45, 2.75) is 56.0 Å². The van der Waals surface area contributed by atoms with E-state index in [1.54, 1.807) is 12.1 Å². The van der Waals surface area contributed by atoms with E-state index in [0.29, 0.717) is 24.0 Å². The van der Waals surface area contributed by atoms with Gasteiger partial charge in [-0.05, 0) is 57.7 Å². The Morgan fingerprint density at radius 2 is 1.81 bits per heavy atom. The van der Waals surface area contributed by atoms with Gasteiger partial charge in [0.2, 0.25) is 15.9 Å². The third-order valence-electron chi connectivity index (χ3n) is 6.30. The van der Waals surface area contributed by atoms with Crippen LogP contribution < -0.4 is 5.32 Å². The zero-order chi connectivity index (χ0) is 19.0. The molecule has 148 valence electrons. The fraction of sp³-hybridized carbons (Fsp3) is 0.650. The average Bonchev–Trinajstić information content (AvgIpc) is 2.94. The SMILES string of the molecule is Cc1ccc(S(=O)(=O)N2CCCC(C(=O)N3C4CCNCC3CC4)C2)cc1. The Balaban J connectivity index is 1.51. The molecule has 3 fully saturated rings. The fourth-order valence-electron chi connectivity index (χ4n) is 4.77. The standard InChI is InChI=1S/C20H29N3O3S/c1-15-4-8-19(9-5-15)27(25,26)22-12-2-3-16(14-22)20(24)23-17-6-7-18(23)13-21-11-10-17/h4-5,8-9,16-18,21H,2-3,6-7,10-14H2,1H3. The van der Waals surface area contributed by atoms with E-state index in [1.807, 2.05) is 19.1 Å². The van der Waals surface area contributed by atoms with Crippen LogP contribution in [0.1, 0.15) is 37.7 Å². The van der Waals surface area contributed by atoms with Crippen molar-refractivity contribution in [2.75, 3.05) is 26.2 Å². The Kier molecular flexibility index (Phi) is 5.27. The number of fused-ring (bicyclic) bond motifs is 2. The summed E-state index contributed by atoms with van der Waals surface area (Å²) in [6.45, 7) is 4.56. The molecule has 3 heterocycles. The summed E-state index contributed by atoms with van der Waals surface area (Å²) in [4.78, 5) is 15.7. The first-order valence-corrected chi connectivity index (χ1v) is 11.5. The zero-order valence-corrected chi connectivity index (χ0v) is 16.7. The monoisotopic (exact) mass is 391 g/mol. The van der Waals surface area contributed by atoms with Crippen LogP contribution in [0.5, 0.6) is 0 Å². The molecule has 27 heavy (non-hydrogen) atoms. The topological polar surface area (TPSA) is 69.7 Å². The highest BCUT2D eigenvalue weighted by Crippen LogP contribution is 2.32. The quantitative estimate of drug-likeness (QED) is 0.852. The highest BCUT2D eigenvalue weighted by Gasteiger charge is 2.42. The number of carbonyl (C=O) groups is 1. The lowest BCUT2D eigenvalue weighted by Crippen LogP contribution is -2.50. The first kappa shape index (κ1) is 18.9. The second kappa shape index (κ2) is 7.53. The molecule has 3 unspecified atom stereocenters. The van der Waals surface area contributed by atoms with Gasteiger partial charge in [-0.25, -0.2) is 8.42 Å². The molecular weight excluding hydrogens is 362 g/mol. The maximum absolute atomic E-state index is 13.3. The van der Waals surface area contributed by atoms with Crippen molar-refractivity contribution in [3.8, 4) is 0 Å². The molecule has 0 radical (unpaired) electrons. The van der Waals surface area contributed by atoms with Crippen LogP contribution in [0.2, 0.25) is 0 Å². The normalized spacial score (nSPS) is 29.5. The van der Waals surface area contributed by atoms with Gasteiger partial charge >= 0.3 is 0 Å². The van der Waals surface area contributed by atoms with Gasteiger partial charge in [-0.1, -0.05) is 17.7 Å². The minimum Gasteiger partial charge on any atom is -0.335 e. The molecular formula is C20H29N3O3S. The lowest BCUT2D eigenvalue weighted by molar-refractivity contribution is -0.139. The van der Waals surface area contributed by atoms with Crippen LogP contribution in [0.25, 0.3) is 0 Å². The molecule has 3 aliphatic heterocycles. The number of hydrogen-bond donors (Lipinski definition) is 1. The summed E-state index contributed by atoms with van der Waals surface area (Å²) in [5, 5.41) is 3.43. The summed E-state index contributed by atoms with van der Waals surface area (Å²) in [5.74, 6) is -0.0600. The lowest BCUT2D eigenvalue weighted by Gasteiger charge is -2.36. The van der Waals surface area contributed by atoms with Gasteiger partial charge in [-0.3, -0.25) is 4.79 Å². The number of hydrogen-bond acceptors (Lipinski definition) is 4. The first-order valence-electron chi connectivity index (χ1n) is 10.1. The van der Waals surface area contributed by atoms with Crippen LogP contribution in [0.3, 0.4) is 0 Å². The molecule has 4 rings (SSSR count). The second-order valence-corrected chi connectivity index (χ2v) is 10.1. The maximum Gasteiger partial charge on any atom is 0.243 e. The number of aryl methyl sites for hydroxylation is 1. The fourth-order valence-corrected chi connectivity index (χ4v) is 6.30. The van der Waals surface area contributed by atoms with Gasteiger partial charge in [0.1, 0.15) is 0 Å². The highest BCUT2D eigenvalue weighted by atomic mass is 32.2. The van der Waals surface area contributed by atoms with Crippen LogP contribution in [0.4, 0.5) is 0 Å². The molecule has 1 amide bonds. The minimum atomic E-state index is -3.54. The van der Waals surface area contributed by atoms with Gasteiger partial charge in [-0.15, -0.1) is 0 Å². The number of piperidine rings is 1. The van der Waals surface area contributed by atoms with Gasteiger partial charge in [0.05, 0.1) is 10.8 Å². The average molecular weight is 392 g/mol. The molecule has 0 aliphatic carbocycles. The molecule has 0 aromatic heterocycles. The third kappa shape index (κ3) is 3.65. The van der Waals surface area contributed by atoms with E-state index in [-0.39, 0.29) is 17.9 Å².